The first kappa shape index (κ1) is 15.8. The fraction of sp³-hybridized carbons (Fsp3) is 0.105. The summed E-state index contributed by atoms with van der Waals surface area (Å²) in [5.41, 5.74) is 2.55. The molecule has 126 valence electrons. The van der Waals surface area contributed by atoms with E-state index in [1.165, 1.54) is 12.1 Å². The summed E-state index contributed by atoms with van der Waals surface area (Å²) in [5.74, 6) is 3.28. The summed E-state index contributed by atoms with van der Waals surface area (Å²) < 4.78 is 15.5. The van der Waals surface area contributed by atoms with Gasteiger partial charge in [0.25, 0.3) is 5.24 Å². The van der Waals surface area contributed by atoms with Gasteiger partial charge in [0.1, 0.15) is 11.1 Å². The summed E-state index contributed by atoms with van der Waals surface area (Å²) in [5, 5.41) is 2.37. The molecule has 2 atom stereocenters. The van der Waals surface area contributed by atoms with Gasteiger partial charge in [-0.25, -0.2) is 4.39 Å². The molecule has 0 saturated carbocycles. The van der Waals surface area contributed by atoms with Crippen LogP contribution >= 0.6 is 10.5 Å². The molecule has 1 aromatic heterocycles. The van der Waals surface area contributed by atoms with Gasteiger partial charge in [-0.1, -0.05) is 46.7 Å². The second-order valence-corrected chi connectivity index (χ2v) is 7.64. The topological polar surface area (TPSA) is 51.1 Å². The number of imide groups is 1. The standard InChI is InChI=1S/C19H15FN2O2S/c1-25-17(18(23)21-19(25)24)15-11-22(16-8-3-2-7-14(15)16)10-12-5-4-6-13(20)9-12/h2-9,11,17H,1,10H2,(H,21,23,24). The molecule has 1 saturated heterocycles. The number of benzene rings is 2. The van der Waals surface area contributed by atoms with Gasteiger partial charge < -0.3 is 4.57 Å². The lowest BCUT2D eigenvalue weighted by atomic mass is 10.1. The maximum Gasteiger partial charge on any atom is 0.280 e. The zero-order valence-electron chi connectivity index (χ0n) is 13.2. The smallest absolute Gasteiger partial charge is 0.280 e. The van der Waals surface area contributed by atoms with Crippen LogP contribution in [-0.4, -0.2) is 21.6 Å². The Morgan fingerprint density at radius 3 is 2.68 bits per heavy atom. The number of nitrogens with zero attached hydrogens (tertiary/aromatic N) is 1. The molecule has 1 N–H and O–H groups in total. The van der Waals surface area contributed by atoms with Crippen molar-refractivity contribution in [3.05, 3.63) is 71.7 Å². The number of aromatic nitrogens is 1. The average Bonchev–Trinajstić information content (AvgIpc) is 3.05. The summed E-state index contributed by atoms with van der Waals surface area (Å²) in [6.07, 6.45) is 1.88. The fourth-order valence-corrected chi connectivity index (χ4v) is 4.47. The Bertz CT molecular complexity index is 1040. The molecule has 0 aliphatic carbocycles. The van der Waals surface area contributed by atoms with Gasteiger partial charge in [0.05, 0.1) is 0 Å². The number of hydrogen-bond acceptors (Lipinski definition) is 2. The van der Waals surface area contributed by atoms with Gasteiger partial charge in [-0.05, 0) is 23.8 Å². The first-order valence-electron chi connectivity index (χ1n) is 7.74. The van der Waals surface area contributed by atoms with Gasteiger partial charge in [0, 0.05) is 29.2 Å². The number of amides is 2. The first-order chi connectivity index (χ1) is 12.0. The van der Waals surface area contributed by atoms with E-state index in [9.17, 15) is 14.0 Å². The van der Waals surface area contributed by atoms with E-state index in [4.69, 9.17) is 0 Å². The third kappa shape index (κ3) is 2.68. The Kier molecular flexibility index (Phi) is 3.77. The van der Waals surface area contributed by atoms with Crippen molar-refractivity contribution in [1.82, 2.24) is 9.88 Å². The molecular weight excluding hydrogens is 339 g/mol. The van der Waals surface area contributed by atoms with Gasteiger partial charge >= 0.3 is 0 Å². The lowest BCUT2D eigenvalue weighted by Gasteiger charge is -2.06. The molecule has 2 heterocycles. The van der Waals surface area contributed by atoms with E-state index in [0.717, 1.165) is 22.0 Å². The van der Waals surface area contributed by atoms with Crippen LogP contribution in [0.25, 0.3) is 10.9 Å². The molecule has 4 nitrogen and oxygen atoms in total. The van der Waals surface area contributed by atoms with Crippen molar-refractivity contribution in [3.63, 3.8) is 0 Å². The van der Waals surface area contributed by atoms with Crippen molar-refractivity contribution in [2.24, 2.45) is 0 Å². The maximum atomic E-state index is 13.5. The van der Waals surface area contributed by atoms with E-state index >= 15 is 0 Å². The largest absolute Gasteiger partial charge is 0.343 e. The predicted molar refractivity (Wildman–Crippen MR) is 98.4 cm³/mol. The quantitative estimate of drug-likeness (QED) is 0.727. The number of para-hydroxylation sites is 1. The molecule has 1 aliphatic heterocycles. The average molecular weight is 354 g/mol. The van der Waals surface area contributed by atoms with E-state index in [1.807, 2.05) is 41.1 Å². The van der Waals surface area contributed by atoms with Gasteiger partial charge in [0.2, 0.25) is 5.91 Å². The van der Waals surface area contributed by atoms with Crippen molar-refractivity contribution in [1.29, 1.82) is 0 Å². The minimum absolute atomic E-state index is 0.283. The van der Waals surface area contributed by atoms with Crippen LogP contribution in [0, 0.1) is 5.82 Å². The van der Waals surface area contributed by atoms with E-state index in [1.54, 1.807) is 6.07 Å². The van der Waals surface area contributed by atoms with E-state index in [0.29, 0.717) is 6.54 Å². The molecular formula is C19H15FN2O2S. The summed E-state index contributed by atoms with van der Waals surface area (Å²) in [6, 6.07) is 14.1. The highest BCUT2D eigenvalue weighted by Gasteiger charge is 2.36. The predicted octanol–water partition coefficient (Wildman–Crippen LogP) is 3.82. The third-order valence-electron chi connectivity index (χ3n) is 4.33. The van der Waals surface area contributed by atoms with Gasteiger partial charge in [-0.2, -0.15) is 0 Å². The van der Waals surface area contributed by atoms with Gasteiger partial charge in [-0.15, -0.1) is 0 Å². The molecule has 4 rings (SSSR count). The molecule has 2 amide bonds. The van der Waals surface area contributed by atoms with Crippen molar-refractivity contribution < 1.29 is 14.0 Å². The Morgan fingerprint density at radius 1 is 1.16 bits per heavy atom. The summed E-state index contributed by atoms with van der Waals surface area (Å²) in [4.78, 5) is 24.0. The fourth-order valence-electron chi connectivity index (χ4n) is 3.21. The zero-order valence-corrected chi connectivity index (χ0v) is 14.1. The molecule has 0 radical (unpaired) electrons. The van der Waals surface area contributed by atoms with Crippen LogP contribution in [0.15, 0.2) is 54.7 Å². The molecule has 6 heteroatoms. The van der Waals surface area contributed by atoms with E-state index in [-0.39, 0.29) is 17.0 Å². The number of halogens is 1. The van der Waals surface area contributed by atoms with Crippen molar-refractivity contribution in [2.75, 3.05) is 0 Å². The lowest BCUT2D eigenvalue weighted by molar-refractivity contribution is -0.119. The second kappa shape index (κ2) is 5.97. The number of carbonyl (C=O) groups excluding carboxylic acids is 2. The highest BCUT2D eigenvalue weighted by Crippen LogP contribution is 2.42. The zero-order chi connectivity index (χ0) is 17.6. The SMILES string of the molecule is C=S1C(=O)NC(=O)C1c1cn(Cc2cccc(F)c2)c2ccccc12. The highest BCUT2D eigenvalue weighted by atomic mass is 32.2. The Balaban J connectivity index is 1.83. The molecule has 0 spiro atoms. The molecule has 25 heavy (non-hydrogen) atoms. The van der Waals surface area contributed by atoms with Crippen LogP contribution in [0.3, 0.4) is 0 Å². The normalized spacial score (nSPS) is 20.2. The van der Waals surface area contributed by atoms with Crippen LogP contribution in [0.2, 0.25) is 0 Å². The summed E-state index contributed by atoms with van der Waals surface area (Å²) in [7, 11) is -0.952. The number of nitrogens with one attached hydrogen (secondary N) is 1. The summed E-state index contributed by atoms with van der Waals surface area (Å²) in [6.45, 7) is 0.478. The number of carbonyl (C=O) groups is 2. The maximum absolute atomic E-state index is 13.5. The molecule has 2 aromatic carbocycles. The Morgan fingerprint density at radius 2 is 1.96 bits per heavy atom. The van der Waals surface area contributed by atoms with E-state index in [2.05, 4.69) is 11.2 Å². The van der Waals surface area contributed by atoms with Crippen LogP contribution in [0.1, 0.15) is 16.4 Å². The number of hydrogen-bond donors (Lipinski definition) is 1. The minimum Gasteiger partial charge on any atom is -0.343 e. The monoisotopic (exact) mass is 354 g/mol. The van der Waals surface area contributed by atoms with Crippen LogP contribution < -0.4 is 5.32 Å². The van der Waals surface area contributed by atoms with Crippen LogP contribution in [0.5, 0.6) is 0 Å². The Labute approximate surface area is 146 Å². The molecule has 1 fully saturated rings. The van der Waals surface area contributed by atoms with Crippen molar-refractivity contribution in [2.45, 2.75) is 11.8 Å². The number of fused-ring (bicyclic) bond motifs is 1. The Hall–Kier alpha value is -2.73. The molecule has 3 aromatic rings. The molecule has 0 bridgehead atoms. The van der Waals surface area contributed by atoms with E-state index < -0.39 is 15.7 Å². The van der Waals surface area contributed by atoms with Crippen molar-refractivity contribution >= 4 is 38.4 Å². The second-order valence-electron chi connectivity index (χ2n) is 5.95. The highest BCUT2D eigenvalue weighted by molar-refractivity contribution is 8.28. The van der Waals surface area contributed by atoms with Crippen LogP contribution in [-0.2, 0) is 11.3 Å². The minimum atomic E-state index is -0.952. The van der Waals surface area contributed by atoms with Crippen molar-refractivity contribution in [3.8, 4) is 0 Å². The molecule has 2 unspecified atom stereocenters. The number of rotatable bonds is 3. The van der Waals surface area contributed by atoms with Gasteiger partial charge in [-0.3, -0.25) is 14.9 Å². The first-order valence-corrected chi connectivity index (χ1v) is 9.20. The third-order valence-corrected chi connectivity index (χ3v) is 5.95. The molecule has 1 aliphatic rings. The van der Waals surface area contributed by atoms with Gasteiger partial charge in [0.15, 0.2) is 0 Å². The summed E-state index contributed by atoms with van der Waals surface area (Å²) >= 11 is 0. The lowest BCUT2D eigenvalue weighted by Crippen LogP contribution is -2.20. The van der Waals surface area contributed by atoms with Crippen LogP contribution in [0.4, 0.5) is 9.18 Å².